The van der Waals surface area contributed by atoms with Crippen LogP contribution in [0.5, 0.6) is 0 Å². The van der Waals surface area contributed by atoms with Crippen LogP contribution in [-0.4, -0.2) is 11.1 Å². The van der Waals surface area contributed by atoms with Gasteiger partial charge in [-0.25, -0.2) is 4.79 Å². The molecule has 1 atom stereocenters. The summed E-state index contributed by atoms with van der Waals surface area (Å²) in [5.41, 5.74) is 3.34. The maximum absolute atomic E-state index is 11.2. The predicted octanol–water partition coefficient (Wildman–Crippen LogP) is 4.26. The van der Waals surface area contributed by atoms with Crippen LogP contribution in [0.4, 0.5) is 5.69 Å². The van der Waals surface area contributed by atoms with Gasteiger partial charge in [-0.15, -0.1) is 0 Å². The number of nitrogens with one attached hydrogen (secondary N) is 1. The van der Waals surface area contributed by atoms with Crippen molar-refractivity contribution in [3.63, 3.8) is 0 Å². The van der Waals surface area contributed by atoms with Gasteiger partial charge in [0.25, 0.3) is 0 Å². The Morgan fingerprint density at radius 2 is 1.86 bits per heavy atom. The maximum Gasteiger partial charge on any atom is 0.336 e. The van der Waals surface area contributed by atoms with E-state index in [1.54, 1.807) is 12.1 Å². The van der Waals surface area contributed by atoms with Crippen molar-refractivity contribution < 1.29 is 9.90 Å². The molecule has 0 aromatic heterocycles. The lowest BCUT2D eigenvalue weighted by molar-refractivity contribution is 0.0696. The topological polar surface area (TPSA) is 49.3 Å². The minimum atomic E-state index is -0.876. The molecule has 0 radical (unpaired) electrons. The lowest BCUT2D eigenvalue weighted by Gasteiger charge is -2.22. The van der Waals surface area contributed by atoms with Crippen molar-refractivity contribution in [1.29, 1.82) is 0 Å². The first-order valence-electron chi connectivity index (χ1n) is 7.31. The molecule has 0 amide bonds. The fraction of sp³-hybridized carbons (Fsp3) is 0.278. The predicted molar refractivity (Wildman–Crippen MR) is 83.7 cm³/mol. The van der Waals surface area contributed by atoms with Gasteiger partial charge in [0, 0.05) is 5.69 Å². The Kier molecular flexibility index (Phi) is 3.65. The van der Waals surface area contributed by atoms with Crippen molar-refractivity contribution in [2.24, 2.45) is 5.92 Å². The molecule has 2 N–H and O–H groups in total. The van der Waals surface area contributed by atoms with Crippen LogP contribution >= 0.6 is 0 Å². The zero-order valence-electron chi connectivity index (χ0n) is 12.0. The molecule has 1 saturated carbocycles. The molecule has 1 fully saturated rings. The van der Waals surface area contributed by atoms with Gasteiger partial charge in [-0.05, 0) is 48.9 Å². The average molecular weight is 281 g/mol. The molecule has 2 aromatic carbocycles. The average Bonchev–Trinajstić information content (AvgIpc) is 3.31. The van der Waals surface area contributed by atoms with Gasteiger partial charge in [0.2, 0.25) is 0 Å². The summed E-state index contributed by atoms with van der Waals surface area (Å²) in [6, 6.07) is 16.0. The second-order valence-corrected chi connectivity index (χ2v) is 5.65. The minimum Gasteiger partial charge on any atom is -0.478 e. The summed E-state index contributed by atoms with van der Waals surface area (Å²) < 4.78 is 0. The van der Waals surface area contributed by atoms with Crippen LogP contribution < -0.4 is 5.32 Å². The fourth-order valence-corrected chi connectivity index (χ4v) is 2.75. The maximum atomic E-state index is 11.2. The summed E-state index contributed by atoms with van der Waals surface area (Å²) in [4.78, 5) is 11.2. The molecule has 0 aliphatic heterocycles. The van der Waals surface area contributed by atoms with E-state index < -0.39 is 5.97 Å². The summed E-state index contributed by atoms with van der Waals surface area (Å²) in [7, 11) is 0. The number of hydrogen-bond acceptors (Lipinski definition) is 2. The molecule has 1 aliphatic rings. The molecule has 0 heterocycles. The Labute approximate surface area is 124 Å². The number of benzene rings is 2. The van der Waals surface area contributed by atoms with Gasteiger partial charge in [-0.2, -0.15) is 0 Å². The van der Waals surface area contributed by atoms with Crippen molar-refractivity contribution in [1.82, 2.24) is 0 Å². The van der Waals surface area contributed by atoms with Gasteiger partial charge in [-0.3, -0.25) is 0 Å². The molecule has 108 valence electrons. The van der Waals surface area contributed by atoms with Crippen molar-refractivity contribution in [3.8, 4) is 0 Å². The van der Waals surface area contributed by atoms with E-state index in [9.17, 15) is 9.90 Å². The summed E-state index contributed by atoms with van der Waals surface area (Å²) in [5, 5.41) is 12.8. The third-order valence-corrected chi connectivity index (χ3v) is 4.13. The highest BCUT2D eigenvalue weighted by Crippen LogP contribution is 2.43. The third kappa shape index (κ3) is 2.92. The highest BCUT2D eigenvalue weighted by atomic mass is 16.4. The van der Waals surface area contributed by atoms with Crippen LogP contribution in [0, 0.1) is 12.8 Å². The Bertz CT molecular complexity index is 648. The monoisotopic (exact) mass is 281 g/mol. The van der Waals surface area contributed by atoms with Crippen LogP contribution in [0.1, 0.15) is 40.4 Å². The molecular formula is C18H19NO2. The quantitative estimate of drug-likeness (QED) is 0.861. The molecule has 3 rings (SSSR count). The molecular weight excluding hydrogens is 262 g/mol. The second kappa shape index (κ2) is 5.60. The first kappa shape index (κ1) is 13.7. The Morgan fingerprint density at radius 1 is 1.14 bits per heavy atom. The van der Waals surface area contributed by atoms with E-state index in [0.717, 1.165) is 11.3 Å². The second-order valence-electron chi connectivity index (χ2n) is 5.65. The van der Waals surface area contributed by atoms with Crippen LogP contribution in [0.25, 0.3) is 0 Å². The largest absolute Gasteiger partial charge is 0.478 e. The van der Waals surface area contributed by atoms with Gasteiger partial charge in [0.1, 0.15) is 0 Å². The number of anilines is 1. The Hall–Kier alpha value is -2.29. The van der Waals surface area contributed by atoms with Crippen LogP contribution in [-0.2, 0) is 0 Å². The number of rotatable bonds is 5. The van der Waals surface area contributed by atoms with E-state index in [4.69, 9.17) is 0 Å². The van der Waals surface area contributed by atoms with E-state index >= 15 is 0 Å². The van der Waals surface area contributed by atoms with Gasteiger partial charge in [-0.1, -0.05) is 36.4 Å². The third-order valence-electron chi connectivity index (χ3n) is 4.13. The SMILES string of the molecule is Cc1c(NC(c2ccccc2)C2CC2)cccc1C(=O)O. The summed E-state index contributed by atoms with van der Waals surface area (Å²) >= 11 is 0. The van der Waals surface area contributed by atoms with Gasteiger partial charge in [0.05, 0.1) is 11.6 Å². The lowest BCUT2D eigenvalue weighted by atomic mass is 10.0. The van der Waals surface area contributed by atoms with Crippen LogP contribution in [0.2, 0.25) is 0 Å². The van der Waals surface area contributed by atoms with Gasteiger partial charge < -0.3 is 10.4 Å². The molecule has 21 heavy (non-hydrogen) atoms. The zero-order valence-corrected chi connectivity index (χ0v) is 12.0. The van der Waals surface area contributed by atoms with E-state index in [0.29, 0.717) is 11.5 Å². The van der Waals surface area contributed by atoms with Crippen LogP contribution in [0.15, 0.2) is 48.5 Å². The first-order valence-corrected chi connectivity index (χ1v) is 7.31. The van der Waals surface area contributed by atoms with E-state index in [1.165, 1.54) is 18.4 Å². The Morgan fingerprint density at radius 3 is 2.48 bits per heavy atom. The minimum absolute atomic E-state index is 0.258. The fourth-order valence-electron chi connectivity index (χ4n) is 2.75. The zero-order chi connectivity index (χ0) is 14.8. The number of carbonyl (C=O) groups is 1. The lowest BCUT2D eigenvalue weighted by Crippen LogP contribution is -2.14. The summed E-state index contributed by atoms with van der Waals surface area (Å²) in [6.45, 7) is 1.86. The smallest absolute Gasteiger partial charge is 0.336 e. The van der Waals surface area contributed by atoms with E-state index in [1.807, 2.05) is 31.2 Å². The van der Waals surface area contributed by atoms with Crippen molar-refractivity contribution >= 4 is 11.7 Å². The molecule has 1 unspecified atom stereocenters. The Balaban J connectivity index is 1.91. The van der Waals surface area contributed by atoms with E-state index in [-0.39, 0.29) is 6.04 Å². The molecule has 0 saturated heterocycles. The van der Waals surface area contributed by atoms with Crippen LogP contribution in [0.3, 0.4) is 0 Å². The first-order chi connectivity index (χ1) is 10.2. The van der Waals surface area contributed by atoms with Gasteiger partial charge in [0.15, 0.2) is 0 Å². The van der Waals surface area contributed by atoms with Gasteiger partial charge >= 0.3 is 5.97 Å². The number of hydrogen-bond donors (Lipinski definition) is 2. The molecule has 0 bridgehead atoms. The van der Waals surface area contributed by atoms with E-state index in [2.05, 4.69) is 17.4 Å². The number of carboxylic acid groups (broad SMARTS) is 1. The van der Waals surface area contributed by atoms with Crippen molar-refractivity contribution in [3.05, 3.63) is 65.2 Å². The highest BCUT2D eigenvalue weighted by Gasteiger charge is 2.32. The molecule has 3 nitrogen and oxygen atoms in total. The number of carboxylic acids is 1. The summed E-state index contributed by atoms with van der Waals surface area (Å²) in [5.74, 6) is -0.237. The molecule has 1 aliphatic carbocycles. The highest BCUT2D eigenvalue weighted by molar-refractivity contribution is 5.91. The molecule has 0 spiro atoms. The normalized spacial score (nSPS) is 15.5. The molecule has 2 aromatic rings. The standard InChI is InChI=1S/C18H19NO2/c1-12-15(18(20)21)8-5-9-16(12)19-17(14-10-11-14)13-6-3-2-4-7-13/h2-9,14,17,19H,10-11H2,1H3,(H,20,21). The number of aromatic carboxylic acids is 1. The summed E-state index contributed by atoms with van der Waals surface area (Å²) in [6.07, 6.45) is 2.45. The molecule has 3 heteroatoms. The van der Waals surface area contributed by atoms with Crippen molar-refractivity contribution in [2.75, 3.05) is 5.32 Å². The van der Waals surface area contributed by atoms with Crippen molar-refractivity contribution in [2.45, 2.75) is 25.8 Å².